The van der Waals surface area contributed by atoms with Crippen molar-refractivity contribution in [3.63, 3.8) is 0 Å². The summed E-state index contributed by atoms with van der Waals surface area (Å²) >= 11 is 0. The molecule has 1 saturated heterocycles. The zero-order valence-corrected chi connectivity index (χ0v) is 13.2. The van der Waals surface area contributed by atoms with Gasteiger partial charge in [-0.05, 0) is 39.2 Å². The van der Waals surface area contributed by atoms with Gasteiger partial charge in [-0.25, -0.2) is 0 Å². The second-order valence-electron chi connectivity index (χ2n) is 7.20. The van der Waals surface area contributed by atoms with Crippen LogP contribution < -0.4 is 5.32 Å². The molecule has 110 valence electrons. The summed E-state index contributed by atoms with van der Waals surface area (Å²) in [7, 11) is 0. The summed E-state index contributed by atoms with van der Waals surface area (Å²) in [5, 5.41) is 3.89. The maximum Gasteiger partial charge on any atom is 0.0535 e. The van der Waals surface area contributed by atoms with Crippen LogP contribution in [0, 0.1) is 0 Å². The maximum absolute atomic E-state index is 3.89. The third-order valence-corrected chi connectivity index (χ3v) is 5.47. The van der Waals surface area contributed by atoms with Crippen molar-refractivity contribution in [1.82, 2.24) is 10.2 Å². The smallest absolute Gasteiger partial charge is 0.0535 e. The van der Waals surface area contributed by atoms with Crippen LogP contribution in [0.1, 0.15) is 52.0 Å². The molecule has 1 aromatic carbocycles. The largest absolute Gasteiger partial charge is 0.305 e. The van der Waals surface area contributed by atoms with Gasteiger partial charge in [-0.15, -0.1) is 0 Å². The molecule has 1 spiro atoms. The zero-order valence-electron chi connectivity index (χ0n) is 13.2. The van der Waals surface area contributed by atoms with Gasteiger partial charge in [0, 0.05) is 24.7 Å². The van der Waals surface area contributed by atoms with Gasteiger partial charge in [0.15, 0.2) is 0 Å². The molecule has 2 aliphatic rings. The Hall–Kier alpha value is -0.860. The van der Waals surface area contributed by atoms with E-state index in [-0.39, 0.29) is 5.54 Å². The van der Waals surface area contributed by atoms with Crippen molar-refractivity contribution in [3.8, 4) is 0 Å². The van der Waals surface area contributed by atoms with Gasteiger partial charge in [0.05, 0.1) is 5.54 Å². The number of hydrogen-bond donors (Lipinski definition) is 1. The molecule has 1 atom stereocenters. The summed E-state index contributed by atoms with van der Waals surface area (Å²) in [5.74, 6) is 0. The van der Waals surface area contributed by atoms with Crippen molar-refractivity contribution in [2.75, 3.05) is 13.1 Å². The van der Waals surface area contributed by atoms with Gasteiger partial charge < -0.3 is 5.32 Å². The first-order chi connectivity index (χ1) is 9.56. The predicted octanol–water partition coefficient (Wildman–Crippen LogP) is 3.53. The van der Waals surface area contributed by atoms with Crippen LogP contribution >= 0.6 is 0 Å². The molecule has 2 fully saturated rings. The van der Waals surface area contributed by atoms with Gasteiger partial charge in [-0.3, -0.25) is 4.90 Å². The molecule has 0 bridgehead atoms. The van der Waals surface area contributed by atoms with Gasteiger partial charge >= 0.3 is 0 Å². The normalized spacial score (nSPS) is 30.2. The molecule has 20 heavy (non-hydrogen) atoms. The molecule has 1 heterocycles. The SMILES string of the molecule is CC(C)N1CC(C)(c2ccccc2)NCC12CCCC2. The van der Waals surface area contributed by atoms with E-state index in [1.807, 2.05) is 0 Å². The molecule has 2 nitrogen and oxygen atoms in total. The van der Waals surface area contributed by atoms with Crippen LogP contribution in [0.5, 0.6) is 0 Å². The highest BCUT2D eigenvalue weighted by Gasteiger charge is 2.48. The molecule has 0 radical (unpaired) electrons. The second kappa shape index (κ2) is 5.16. The average molecular weight is 272 g/mol. The summed E-state index contributed by atoms with van der Waals surface area (Å²) in [6.45, 7) is 9.33. The molecule has 2 heteroatoms. The molecule has 0 aromatic heterocycles. The fraction of sp³-hybridized carbons (Fsp3) is 0.667. The van der Waals surface area contributed by atoms with Crippen molar-refractivity contribution in [3.05, 3.63) is 35.9 Å². The van der Waals surface area contributed by atoms with E-state index in [1.165, 1.54) is 31.2 Å². The van der Waals surface area contributed by atoms with Crippen LogP contribution in [-0.2, 0) is 5.54 Å². The van der Waals surface area contributed by atoms with Crippen molar-refractivity contribution >= 4 is 0 Å². The number of nitrogens with one attached hydrogen (secondary N) is 1. The Bertz CT molecular complexity index is 448. The minimum Gasteiger partial charge on any atom is -0.305 e. The lowest BCUT2D eigenvalue weighted by atomic mass is 9.81. The molecule has 1 aliphatic carbocycles. The molecule has 0 amide bonds. The van der Waals surface area contributed by atoms with Gasteiger partial charge in [0.25, 0.3) is 0 Å². The minimum atomic E-state index is 0.0827. The third-order valence-electron chi connectivity index (χ3n) is 5.47. The van der Waals surface area contributed by atoms with E-state index in [0.717, 1.165) is 13.1 Å². The fourth-order valence-electron chi connectivity index (χ4n) is 4.25. The highest BCUT2D eigenvalue weighted by atomic mass is 15.3. The number of hydrogen-bond acceptors (Lipinski definition) is 2. The Balaban J connectivity index is 1.88. The molecule has 1 aromatic rings. The number of nitrogens with zero attached hydrogens (tertiary/aromatic N) is 1. The van der Waals surface area contributed by atoms with Crippen molar-refractivity contribution in [2.45, 2.75) is 63.6 Å². The van der Waals surface area contributed by atoms with Crippen molar-refractivity contribution in [2.24, 2.45) is 0 Å². The zero-order chi connectivity index (χ0) is 14.2. The number of benzene rings is 1. The molecule has 1 aliphatic heterocycles. The molecule has 3 rings (SSSR count). The first-order valence-corrected chi connectivity index (χ1v) is 8.13. The van der Waals surface area contributed by atoms with Crippen LogP contribution in [0.2, 0.25) is 0 Å². The molecular weight excluding hydrogens is 244 g/mol. The Morgan fingerprint density at radius 3 is 2.35 bits per heavy atom. The summed E-state index contributed by atoms with van der Waals surface area (Å²) < 4.78 is 0. The van der Waals surface area contributed by atoms with E-state index in [1.54, 1.807) is 0 Å². The van der Waals surface area contributed by atoms with Crippen LogP contribution in [0.4, 0.5) is 0 Å². The van der Waals surface area contributed by atoms with Gasteiger partial charge in [-0.1, -0.05) is 43.2 Å². The Kier molecular flexibility index (Phi) is 3.64. The van der Waals surface area contributed by atoms with Gasteiger partial charge in [0.1, 0.15) is 0 Å². The van der Waals surface area contributed by atoms with E-state index in [4.69, 9.17) is 0 Å². The number of piperazine rings is 1. The minimum absolute atomic E-state index is 0.0827. The van der Waals surface area contributed by atoms with Crippen LogP contribution in [0.25, 0.3) is 0 Å². The van der Waals surface area contributed by atoms with Crippen molar-refractivity contribution < 1.29 is 0 Å². The molecule has 1 N–H and O–H groups in total. The van der Waals surface area contributed by atoms with E-state index < -0.39 is 0 Å². The topological polar surface area (TPSA) is 15.3 Å². The van der Waals surface area contributed by atoms with Crippen LogP contribution in [0.3, 0.4) is 0 Å². The highest BCUT2D eigenvalue weighted by Crippen LogP contribution is 2.41. The standard InChI is InChI=1S/C18H28N2/c1-15(2)20-14-17(3,16-9-5-4-6-10-16)19-13-18(20)11-7-8-12-18/h4-6,9-10,15,19H,7-8,11-14H2,1-3H3. The second-order valence-corrected chi connectivity index (χ2v) is 7.20. The van der Waals surface area contributed by atoms with Gasteiger partial charge in [-0.2, -0.15) is 0 Å². The Labute approximate surface area is 123 Å². The summed E-state index contributed by atoms with van der Waals surface area (Å²) in [6, 6.07) is 11.6. The third kappa shape index (κ3) is 2.29. The molecule has 1 saturated carbocycles. The molecular formula is C18H28N2. The van der Waals surface area contributed by atoms with E-state index in [2.05, 4.69) is 61.3 Å². The van der Waals surface area contributed by atoms with E-state index in [9.17, 15) is 0 Å². The Morgan fingerprint density at radius 1 is 1.10 bits per heavy atom. The number of rotatable bonds is 2. The quantitative estimate of drug-likeness (QED) is 0.886. The average Bonchev–Trinajstić information content (AvgIpc) is 2.92. The van der Waals surface area contributed by atoms with Gasteiger partial charge in [0.2, 0.25) is 0 Å². The summed E-state index contributed by atoms with van der Waals surface area (Å²) in [5.41, 5.74) is 1.92. The fourth-order valence-corrected chi connectivity index (χ4v) is 4.25. The first kappa shape index (κ1) is 14.1. The van der Waals surface area contributed by atoms with Crippen LogP contribution in [-0.4, -0.2) is 29.6 Å². The maximum atomic E-state index is 3.89. The highest BCUT2D eigenvalue weighted by molar-refractivity contribution is 5.26. The monoisotopic (exact) mass is 272 g/mol. The lowest BCUT2D eigenvalue weighted by Gasteiger charge is -2.54. The van der Waals surface area contributed by atoms with E-state index in [0.29, 0.717) is 11.6 Å². The predicted molar refractivity (Wildman–Crippen MR) is 84.8 cm³/mol. The van der Waals surface area contributed by atoms with Crippen LogP contribution in [0.15, 0.2) is 30.3 Å². The summed E-state index contributed by atoms with van der Waals surface area (Å²) in [6.07, 6.45) is 5.52. The Morgan fingerprint density at radius 2 is 1.75 bits per heavy atom. The van der Waals surface area contributed by atoms with Crippen molar-refractivity contribution in [1.29, 1.82) is 0 Å². The lowest BCUT2D eigenvalue weighted by Crippen LogP contribution is -2.68. The molecule has 1 unspecified atom stereocenters. The summed E-state index contributed by atoms with van der Waals surface area (Å²) in [4.78, 5) is 2.78. The lowest BCUT2D eigenvalue weighted by molar-refractivity contribution is -0.0115. The first-order valence-electron chi connectivity index (χ1n) is 8.13. The van der Waals surface area contributed by atoms with E-state index >= 15 is 0 Å².